The van der Waals surface area contributed by atoms with Gasteiger partial charge in [0.15, 0.2) is 0 Å². The van der Waals surface area contributed by atoms with E-state index in [4.69, 9.17) is 0 Å². The lowest BCUT2D eigenvalue weighted by molar-refractivity contribution is -0.125. The van der Waals surface area contributed by atoms with Crippen molar-refractivity contribution < 1.29 is 9.18 Å². The molecule has 1 saturated heterocycles. The van der Waals surface area contributed by atoms with Crippen LogP contribution in [0.15, 0.2) is 60.9 Å². The third kappa shape index (κ3) is 4.64. The van der Waals surface area contributed by atoms with Gasteiger partial charge in [-0.2, -0.15) is 0 Å². The summed E-state index contributed by atoms with van der Waals surface area (Å²) < 4.78 is 13.4. The van der Waals surface area contributed by atoms with Crippen LogP contribution >= 0.6 is 0 Å². The van der Waals surface area contributed by atoms with Gasteiger partial charge in [-0.1, -0.05) is 36.4 Å². The number of piperidine rings is 1. The van der Waals surface area contributed by atoms with Crippen LogP contribution in [0.4, 0.5) is 10.3 Å². The van der Waals surface area contributed by atoms with Gasteiger partial charge in [0, 0.05) is 37.6 Å². The Bertz CT molecular complexity index is 1020. The Balaban J connectivity index is 1.38. The fraction of sp³-hybridized carbons (Fsp3) is 0.292. The highest BCUT2D eigenvalue weighted by atomic mass is 19.1. The Morgan fingerprint density at radius 2 is 1.93 bits per heavy atom. The van der Waals surface area contributed by atoms with Crippen molar-refractivity contribution >= 4 is 11.9 Å². The minimum atomic E-state index is -0.285. The Morgan fingerprint density at radius 3 is 2.70 bits per heavy atom. The molecule has 1 aliphatic rings. The zero-order valence-corrected chi connectivity index (χ0v) is 17.0. The molecule has 1 unspecified atom stereocenters. The predicted octanol–water partition coefficient (Wildman–Crippen LogP) is 4.12. The van der Waals surface area contributed by atoms with Gasteiger partial charge in [-0.05, 0) is 48.6 Å². The molecule has 1 amide bonds. The number of nitrogens with zero attached hydrogens (tertiary/aromatic N) is 3. The van der Waals surface area contributed by atoms with Gasteiger partial charge in [-0.15, -0.1) is 0 Å². The number of benzene rings is 2. The largest absolute Gasteiger partial charge is 0.352 e. The third-order valence-corrected chi connectivity index (χ3v) is 5.59. The first kappa shape index (κ1) is 20.0. The van der Waals surface area contributed by atoms with E-state index in [1.165, 1.54) is 17.7 Å². The zero-order chi connectivity index (χ0) is 20.9. The van der Waals surface area contributed by atoms with Crippen molar-refractivity contribution in [2.24, 2.45) is 5.92 Å². The first-order valence-corrected chi connectivity index (χ1v) is 10.3. The summed E-state index contributed by atoms with van der Waals surface area (Å²) in [4.78, 5) is 23.7. The first-order chi connectivity index (χ1) is 14.6. The number of carbonyl (C=O) groups excluding carboxylic acids is 1. The number of halogens is 1. The van der Waals surface area contributed by atoms with E-state index in [-0.39, 0.29) is 17.6 Å². The Morgan fingerprint density at radius 1 is 1.13 bits per heavy atom. The maximum absolute atomic E-state index is 13.4. The summed E-state index contributed by atoms with van der Waals surface area (Å²) in [7, 11) is 0. The topological polar surface area (TPSA) is 58.1 Å². The zero-order valence-electron chi connectivity index (χ0n) is 17.0. The van der Waals surface area contributed by atoms with E-state index in [1.807, 2.05) is 24.3 Å². The minimum absolute atomic E-state index is 0.0688. The Hall–Kier alpha value is -3.28. The van der Waals surface area contributed by atoms with E-state index in [0.29, 0.717) is 19.0 Å². The summed E-state index contributed by atoms with van der Waals surface area (Å²) in [6.45, 7) is 4.01. The molecule has 0 bridgehead atoms. The predicted molar refractivity (Wildman–Crippen MR) is 115 cm³/mol. The van der Waals surface area contributed by atoms with Crippen LogP contribution in [-0.4, -0.2) is 29.0 Å². The van der Waals surface area contributed by atoms with Crippen LogP contribution in [0.3, 0.4) is 0 Å². The average Bonchev–Trinajstić information content (AvgIpc) is 2.78. The van der Waals surface area contributed by atoms with Gasteiger partial charge in [0.25, 0.3) is 0 Å². The van der Waals surface area contributed by atoms with Crippen LogP contribution < -0.4 is 10.2 Å². The van der Waals surface area contributed by atoms with E-state index in [2.05, 4.69) is 33.2 Å². The molecule has 2 heterocycles. The maximum Gasteiger partial charge on any atom is 0.225 e. The molecule has 6 heteroatoms. The van der Waals surface area contributed by atoms with Gasteiger partial charge in [-0.25, -0.2) is 14.4 Å². The van der Waals surface area contributed by atoms with Crippen LogP contribution in [0.5, 0.6) is 0 Å². The number of nitrogens with one attached hydrogen (secondary N) is 1. The highest BCUT2D eigenvalue weighted by molar-refractivity contribution is 5.79. The molecule has 1 fully saturated rings. The summed E-state index contributed by atoms with van der Waals surface area (Å²) in [5, 5.41) is 3.08. The lowest BCUT2D eigenvalue weighted by Crippen LogP contribution is -2.43. The smallest absolute Gasteiger partial charge is 0.225 e. The van der Waals surface area contributed by atoms with Crippen molar-refractivity contribution in [2.75, 3.05) is 18.0 Å². The van der Waals surface area contributed by atoms with Crippen LogP contribution in [-0.2, 0) is 11.3 Å². The van der Waals surface area contributed by atoms with Crippen molar-refractivity contribution in [3.8, 4) is 11.1 Å². The van der Waals surface area contributed by atoms with Crippen LogP contribution in [0, 0.1) is 18.7 Å². The van der Waals surface area contributed by atoms with E-state index in [9.17, 15) is 9.18 Å². The molecule has 1 N–H and O–H groups in total. The van der Waals surface area contributed by atoms with Crippen LogP contribution in [0.1, 0.15) is 24.0 Å². The monoisotopic (exact) mass is 404 g/mol. The number of rotatable bonds is 5. The van der Waals surface area contributed by atoms with E-state index < -0.39 is 0 Å². The number of aryl methyl sites for hydroxylation is 1. The highest BCUT2D eigenvalue weighted by Gasteiger charge is 2.27. The number of aromatic nitrogens is 2. The Kier molecular flexibility index (Phi) is 6.02. The molecule has 3 aromatic rings. The molecule has 4 rings (SSSR count). The number of carbonyl (C=O) groups is 1. The fourth-order valence-corrected chi connectivity index (χ4v) is 3.81. The number of hydrogen-bond donors (Lipinski definition) is 1. The standard InChI is InChI=1S/C24H25FN4O/c1-17-6-2-3-7-19(17)13-26-23(30)20-9-5-11-29(16-20)24-27-14-21(15-28-24)18-8-4-10-22(25)12-18/h2-4,6-8,10,12,14-15,20H,5,9,11,13,16H2,1H3,(H,26,30). The van der Waals surface area contributed by atoms with Gasteiger partial charge in [0.2, 0.25) is 11.9 Å². The molecule has 0 spiro atoms. The maximum atomic E-state index is 13.4. The molecule has 154 valence electrons. The first-order valence-electron chi connectivity index (χ1n) is 10.3. The molecule has 0 radical (unpaired) electrons. The SMILES string of the molecule is Cc1ccccc1CNC(=O)C1CCCN(c2ncc(-c3cccc(F)c3)cn2)C1. The van der Waals surface area contributed by atoms with Gasteiger partial charge < -0.3 is 10.2 Å². The minimum Gasteiger partial charge on any atom is -0.352 e. The molecular weight excluding hydrogens is 379 g/mol. The number of hydrogen-bond acceptors (Lipinski definition) is 4. The van der Waals surface area contributed by atoms with Crippen LogP contribution in [0.25, 0.3) is 11.1 Å². The summed E-state index contributed by atoms with van der Waals surface area (Å²) in [5.74, 6) is 0.298. The molecule has 30 heavy (non-hydrogen) atoms. The van der Waals surface area contributed by atoms with E-state index in [0.717, 1.165) is 36.1 Å². The van der Waals surface area contributed by atoms with Gasteiger partial charge in [-0.3, -0.25) is 4.79 Å². The summed E-state index contributed by atoms with van der Waals surface area (Å²) >= 11 is 0. The summed E-state index contributed by atoms with van der Waals surface area (Å²) in [6, 6.07) is 14.5. The molecule has 2 aromatic carbocycles. The second kappa shape index (κ2) is 9.03. The van der Waals surface area contributed by atoms with Gasteiger partial charge in [0.05, 0.1) is 5.92 Å². The average molecular weight is 404 g/mol. The Labute approximate surface area is 176 Å². The molecule has 0 aliphatic carbocycles. The lowest BCUT2D eigenvalue weighted by Gasteiger charge is -2.32. The van der Waals surface area contributed by atoms with Crippen molar-refractivity contribution in [2.45, 2.75) is 26.3 Å². The summed E-state index contributed by atoms with van der Waals surface area (Å²) in [6.07, 6.45) is 5.19. The molecule has 0 saturated carbocycles. The number of anilines is 1. The van der Waals surface area contributed by atoms with Crippen LogP contribution in [0.2, 0.25) is 0 Å². The molecule has 1 aliphatic heterocycles. The lowest BCUT2D eigenvalue weighted by atomic mass is 9.97. The second-order valence-electron chi connectivity index (χ2n) is 7.71. The summed E-state index contributed by atoms with van der Waals surface area (Å²) in [5.41, 5.74) is 3.82. The van der Waals surface area contributed by atoms with Crippen molar-refractivity contribution in [1.29, 1.82) is 0 Å². The molecule has 1 aromatic heterocycles. The fourth-order valence-electron chi connectivity index (χ4n) is 3.81. The number of amides is 1. The van der Waals surface area contributed by atoms with Crippen molar-refractivity contribution in [3.05, 3.63) is 77.9 Å². The second-order valence-corrected chi connectivity index (χ2v) is 7.71. The van der Waals surface area contributed by atoms with E-state index in [1.54, 1.807) is 18.5 Å². The van der Waals surface area contributed by atoms with Crippen molar-refractivity contribution in [3.63, 3.8) is 0 Å². The molecular formula is C24H25FN4O. The highest BCUT2D eigenvalue weighted by Crippen LogP contribution is 2.23. The molecule has 5 nitrogen and oxygen atoms in total. The van der Waals surface area contributed by atoms with Gasteiger partial charge >= 0.3 is 0 Å². The third-order valence-electron chi connectivity index (χ3n) is 5.59. The normalized spacial score (nSPS) is 16.3. The van der Waals surface area contributed by atoms with Crippen molar-refractivity contribution in [1.82, 2.24) is 15.3 Å². The molecule has 1 atom stereocenters. The van der Waals surface area contributed by atoms with E-state index >= 15 is 0 Å². The quantitative estimate of drug-likeness (QED) is 0.695. The van der Waals surface area contributed by atoms with Gasteiger partial charge in [0.1, 0.15) is 5.82 Å².